The molecule has 0 radical (unpaired) electrons. The van der Waals surface area contributed by atoms with Crippen LogP contribution in [0.25, 0.3) is 0 Å². The van der Waals surface area contributed by atoms with Gasteiger partial charge in [-0.1, -0.05) is 39.5 Å². The molecule has 2 heteroatoms. The number of nitrogens with one attached hydrogen (secondary N) is 1. The summed E-state index contributed by atoms with van der Waals surface area (Å²) in [6.07, 6.45) is 9.75. The average molecular weight is 226 g/mol. The summed E-state index contributed by atoms with van der Waals surface area (Å²) in [7, 11) is 0. The van der Waals surface area contributed by atoms with E-state index < -0.39 is 0 Å². The summed E-state index contributed by atoms with van der Waals surface area (Å²) in [5.41, 5.74) is 0. The Morgan fingerprint density at radius 1 is 1.12 bits per heavy atom. The predicted octanol–water partition coefficient (Wildman–Crippen LogP) is 3.03. The van der Waals surface area contributed by atoms with Gasteiger partial charge in [0.25, 0.3) is 0 Å². The highest BCUT2D eigenvalue weighted by Gasteiger charge is 2.16. The minimum Gasteiger partial charge on any atom is -0.313 e. The molecule has 2 nitrogen and oxygen atoms in total. The van der Waals surface area contributed by atoms with Gasteiger partial charge < -0.3 is 10.2 Å². The molecule has 0 aromatic heterocycles. The van der Waals surface area contributed by atoms with Crippen LogP contribution in [0.3, 0.4) is 0 Å². The van der Waals surface area contributed by atoms with E-state index >= 15 is 0 Å². The normalized spacial score (nSPS) is 20.8. The number of unbranched alkanes of at least 4 members (excludes halogenated alkanes) is 4. The number of likely N-dealkylation sites (N-methyl/N-ethyl adjacent to an activating group) is 1. The third-order valence-corrected chi connectivity index (χ3v) is 3.67. The van der Waals surface area contributed by atoms with Gasteiger partial charge >= 0.3 is 0 Å². The van der Waals surface area contributed by atoms with Crippen molar-refractivity contribution < 1.29 is 0 Å². The van der Waals surface area contributed by atoms with Crippen LogP contribution in [0.1, 0.15) is 58.8 Å². The summed E-state index contributed by atoms with van der Waals surface area (Å²) in [5, 5.41) is 3.59. The van der Waals surface area contributed by atoms with Crippen LogP contribution in [0.2, 0.25) is 0 Å². The highest BCUT2D eigenvalue weighted by atomic mass is 15.1. The molecule has 1 N–H and O–H groups in total. The van der Waals surface area contributed by atoms with Gasteiger partial charge in [0.2, 0.25) is 0 Å². The van der Waals surface area contributed by atoms with Crippen LogP contribution in [0.15, 0.2) is 0 Å². The zero-order chi connectivity index (χ0) is 11.6. The van der Waals surface area contributed by atoms with Gasteiger partial charge in [-0.2, -0.15) is 0 Å². The zero-order valence-corrected chi connectivity index (χ0v) is 11.3. The lowest BCUT2D eigenvalue weighted by Gasteiger charge is -2.24. The van der Waals surface area contributed by atoms with Crippen LogP contribution in [0, 0.1) is 0 Å². The molecule has 1 saturated heterocycles. The first kappa shape index (κ1) is 14.0. The van der Waals surface area contributed by atoms with Crippen LogP contribution in [0.4, 0.5) is 0 Å². The van der Waals surface area contributed by atoms with E-state index in [1.165, 1.54) is 71.1 Å². The Bertz CT molecular complexity index is 153. The Hall–Kier alpha value is -0.0800. The van der Waals surface area contributed by atoms with Crippen molar-refractivity contribution in [3.63, 3.8) is 0 Å². The number of rotatable bonds is 9. The van der Waals surface area contributed by atoms with Crippen molar-refractivity contribution in [3.8, 4) is 0 Å². The topological polar surface area (TPSA) is 15.3 Å². The lowest BCUT2D eigenvalue weighted by Crippen LogP contribution is -2.37. The fourth-order valence-electron chi connectivity index (χ4n) is 2.54. The molecule has 1 rings (SSSR count). The van der Waals surface area contributed by atoms with E-state index in [-0.39, 0.29) is 0 Å². The maximum Gasteiger partial charge on any atom is 0.0195 e. The van der Waals surface area contributed by atoms with Crippen molar-refractivity contribution in [2.24, 2.45) is 0 Å². The molecule has 0 spiro atoms. The maximum atomic E-state index is 3.59. The molecule has 0 saturated carbocycles. The van der Waals surface area contributed by atoms with Gasteiger partial charge in [-0.15, -0.1) is 0 Å². The third-order valence-electron chi connectivity index (χ3n) is 3.67. The molecule has 96 valence electrons. The standard InChI is InChI=1S/C14H30N2/c1-3-5-6-7-8-12-16(4-2)13-14-10-9-11-15-14/h14-15H,3-13H2,1-2H3. The summed E-state index contributed by atoms with van der Waals surface area (Å²) < 4.78 is 0. The molecule has 16 heavy (non-hydrogen) atoms. The van der Waals surface area contributed by atoms with E-state index in [9.17, 15) is 0 Å². The minimum absolute atomic E-state index is 0.774. The van der Waals surface area contributed by atoms with E-state index in [1.54, 1.807) is 0 Å². The average Bonchev–Trinajstić information content (AvgIpc) is 2.80. The van der Waals surface area contributed by atoms with Gasteiger partial charge in [0, 0.05) is 12.6 Å². The monoisotopic (exact) mass is 226 g/mol. The molecule has 0 bridgehead atoms. The van der Waals surface area contributed by atoms with Crippen molar-refractivity contribution in [2.45, 2.75) is 64.8 Å². The SMILES string of the molecule is CCCCCCCN(CC)CC1CCCN1. The molecule has 0 aliphatic carbocycles. The van der Waals surface area contributed by atoms with Gasteiger partial charge in [-0.3, -0.25) is 0 Å². The molecule has 1 heterocycles. The van der Waals surface area contributed by atoms with Crippen molar-refractivity contribution in [3.05, 3.63) is 0 Å². The summed E-state index contributed by atoms with van der Waals surface area (Å²) >= 11 is 0. The van der Waals surface area contributed by atoms with E-state index in [0.29, 0.717) is 0 Å². The second-order valence-corrected chi connectivity index (χ2v) is 5.10. The quantitative estimate of drug-likeness (QED) is 0.608. The Kier molecular flexibility index (Phi) is 7.87. The highest BCUT2D eigenvalue weighted by molar-refractivity contribution is 4.77. The Morgan fingerprint density at radius 2 is 1.94 bits per heavy atom. The summed E-state index contributed by atoms with van der Waals surface area (Å²) in [6.45, 7) is 9.60. The van der Waals surface area contributed by atoms with Crippen LogP contribution >= 0.6 is 0 Å². The Balaban J connectivity index is 2.01. The molecule has 1 atom stereocenters. The lowest BCUT2D eigenvalue weighted by molar-refractivity contribution is 0.255. The summed E-state index contributed by atoms with van der Waals surface area (Å²) in [6, 6.07) is 0.774. The van der Waals surface area contributed by atoms with Crippen molar-refractivity contribution in [1.29, 1.82) is 0 Å². The zero-order valence-electron chi connectivity index (χ0n) is 11.3. The molecular formula is C14H30N2. The van der Waals surface area contributed by atoms with Gasteiger partial charge in [0.15, 0.2) is 0 Å². The second kappa shape index (κ2) is 9.00. The predicted molar refractivity (Wildman–Crippen MR) is 71.9 cm³/mol. The van der Waals surface area contributed by atoms with Gasteiger partial charge in [0.1, 0.15) is 0 Å². The Labute approximate surface area is 102 Å². The molecule has 0 aromatic carbocycles. The van der Waals surface area contributed by atoms with E-state index in [2.05, 4.69) is 24.1 Å². The molecule has 0 aromatic rings. The number of nitrogens with zero attached hydrogens (tertiary/aromatic N) is 1. The molecule has 1 fully saturated rings. The van der Waals surface area contributed by atoms with E-state index in [4.69, 9.17) is 0 Å². The minimum atomic E-state index is 0.774. The molecular weight excluding hydrogens is 196 g/mol. The molecule has 0 amide bonds. The first-order chi connectivity index (χ1) is 7.86. The first-order valence-electron chi connectivity index (χ1n) is 7.32. The summed E-state index contributed by atoms with van der Waals surface area (Å²) in [4.78, 5) is 2.62. The van der Waals surface area contributed by atoms with Crippen LogP contribution in [0.5, 0.6) is 0 Å². The van der Waals surface area contributed by atoms with Gasteiger partial charge in [-0.05, 0) is 38.9 Å². The highest BCUT2D eigenvalue weighted by Crippen LogP contribution is 2.08. The molecule has 1 unspecified atom stereocenters. The molecule has 1 aliphatic heterocycles. The van der Waals surface area contributed by atoms with Crippen molar-refractivity contribution in [2.75, 3.05) is 26.2 Å². The van der Waals surface area contributed by atoms with Crippen molar-refractivity contribution >= 4 is 0 Å². The van der Waals surface area contributed by atoms with E-state index in [0.717, 1.165) is 6.04 Å². The van der Waals surface area contributed by atoms with E-state index in [1.807, 2.05) is 0 Å². The van der Waals surface area contributed by atoms with Gasteiger partial charge in [-0.25, -0.2) is 0 Å². The van der Waals surface area contributed by atoms with Crippen LogP contribution in [-0.2, 0) is 0 Å². The van der Waals surface area contributed by atoms with Crippen molar-refractivity contribution in [1.82, 2.24) is 10.2 Å². The van der Waals surface area contributed by atoms with Gasteiger partial charge in [0.05, 0.1) is 0 Å². The smallest absolute Gasteiger partial charge is 0.0195 e. The lowest BCUT2D eigenvalue weighted by atomic mass is 10.1. The second-order valence-electron chi connectivity index (χ2n) is 5.10. The number of hydrogen-bond donors (Lipinski definition) is 1. The summed E-state index contributed by atoms with van der Waals surface area (Å²) in [5.74, 6) is 0. The molecule has 1 aliphatic rings. The van der Waals surface area contributed by atoms with Crippen LogP contribution < -0.4 is 5.32 Å². The largest absolute Gasteiger partial charge is 0.313 e. The first-order valence-corrected chi connectivity index (χ1v) is 7.32. The van der Waals surface area contributed by atoms with Crippen LogP contribution in [-0.4, -0.2) is 37.1 Å². The number of hydrogen-bond acceptors (Lipinski definition) is 2. The fourth-order valence-corrected chi connectivity index (χ4v) is 2.54. The third kappa shape index (κ3) is 5.86. The maximum absolute atomic E-state index is 3.59. The Morgan fingerprint density at radius 3 is 2.56 bits per heavy atom. The fraction of sp³-hybridized carbons (Fsp3) is 1.00.